The van der Waals surface area contributed by atoms with E-state index in [1.165, 1.54) is 102 Å². The summed E-state index contributed by atoms with van der Waals surface area (Å²) in [6, 6.07) is 6.17. The molecule has 3 aliphatic carbocycles. The average Bonchev–Trinajstić information content (AvgIpc) is 2.86. The van der Waals surface area contributed by atoms with Gasteiger partial charge < -0.3 is 14.3 Å². The van der Waals surface area contributed by atoms with E-state index in [0.29, 0.717) is 12.0 Å². The SMILES string of the molecule is CCO[Si](C)(C)COc1ccc(O)cc1[P+](C1CCCCC1)(C1CCCCC1)C1CCCCC1. The van der Waals surface area contributed by atoms with Gasteiger partial charge in [-0.2, -0.15) is 0 Å². The zero-order valence-electron chi connectivity index (χ0n) is 22.2. The van der Waals surface area contributed by atoms with Crippen LogP contribution in [0.5, 0.6) is 11.5 Å². The minimum absolute atomic E-state index is 0.440. The van der Waals surface area contributed by atoms with Gasteiger partial charge in [0.2, 0.25) is 8.32 Å². The summed E-state index contributed by atoms with van der Waals surface area (Å²) in [4.78, 5) is 0. The first-order valence-corrected chi connectivity index (χ1v) is 19.6. The Morgan fingerprint density at radius 3 is 1.71 bits per heavy atom. The standard InChI is InChI=1S/C29H49O3PSi/c1-4-32-34(2,3)23-31-28-21-20-24(30)22-29(28)33(25-14-8-5-9-15-25,26-16-10-6-11-17-26)27-18-12-7-13-19-27/h20-22,25-27H,4-19,23H2,1-3H3/p+1. The topological polar surface area (TPSA) is 38.7 Å². The van der Waals surface area contributed by atoms with Crippen LogP contribution in [0.25, 0.3) is 0 Å². The molecule has 3 fully saturated rings. The van der Waals surface area contributed by atoms with Crippen molar-refractivity contribution in [1.82, 2.24) is 0 Å². The molecule has 1 N–H and O–H groups in total. The second-order valence-electron chi connectivity index (χ2n) is 11.8. The summed E-state index contributed by atoms with van der Waals surface area (Å²) in [7, 11) is -3.42. The van der Waals surface area contributed by atoms with Gasteiger partial charge in [-0.1, -0.05) is 19.3 Å². The first-order valence-electron chi connectivity index (χ1n) is 14.5. The van der Waals surface area contributed by atoms with Crippen LogP contribution in [0.3, 0.4) is 0 Å². The van der Waals surface area contributed by atoms with Gasteiger partial charge in [0.1, 0.15) is 17.3 Å². The molecule has 3 nitrogen and oxygen atoms in total. The molecule has 0 amide bonds. The quantitative estimate of drug-likeness (QED) is 0.271. The highest BCUT2D eigenvalue weighted by Gasteiger charge is 2.60. The third-order valence-corrected chi connectivity index (χ3v) is 17.3. The van der Waals surface area contributed by atoms with Crippen molar-refractivity contribution in [3.63, 3.8) is 0 Å². The van der Waals surface area contributed by atoms with Crippen molar-refractivity contribution in [3.8, 4) is 11.5 Å². The number of phenolic OH excluding ortho intramolecular Hbond substituents is 1. The lowest BCUT2D eigenvalue weighted by Crippen LogP contribution is -2.43. The fourth-order valence-corrected chi connectivity index (χ4v) is 16.5. The lowest BCUT2D eigenvalue weighted by Gasteiger charge is -2.49. The van der Waals surface area contributed by atoms with Crippen LogP contribution in [0.4, 0.5) is 0 Å². The Morgan fingerprint density at radius 2 is 1.26 bits per heavy atom. The van der Waals surface area contributed by atoms with Gasteiger partial charge in [-0.25, -0.2) is 0 Å². The molecule has 3 aliphatic rings. The molecular weight excluding hydrogens is 455 g/mol. The van der Waals surface area contributed by atoms with Crippen LogP contribution in [-0.4, -0.2) is 43.2 Å². The zero-order chi connectivity index (χ0) is 24.0. The third-order valence-electron chi connectivity index (χ3n) is 9.01. The Balaban J connectivity index is 1.82. The van der Waals surface area contributed by atoms with Crippen LogP contribution in [-0.2, 0) is 4.43 Å². The molecule has 0 heterocycles. The summed E-state index contributed by atoms with van der Waals surface area (Å²) in [5.41, 5.74) is 2.48. The smallest absolute Gasteiger partial charge is 0.224 e. The Kier molecular flexibility index (Phi) is 9.43. The van der Waals surface area contributed by atoms with Crippen molar-refractivity contribution in [2.45, 2.75) is 133 Å². The molecule has 4 rings (SSSR count). The monoisotopic (exact) mass is 505 g/mol. The lowest BCUT2D eigenvalue weighted by molar-refractivity contribution is 0.285. The fourth-order valence-electron chi connectivity index (χ4n) is 7.62. The van der Waals surface area contributed by atoms with Crippen molar-refractivity contribution >= 4 is 20.9 Å². The highest BCUT2D eigenvalue weighted by Crippen LogP contribution is 2.77. The van der Waals surface area contributed by atoms with E-state index in [-0.39, 0.29) is 0 Å². The molecule has 0 spiro atoms. The Labute approximate surface area is 210 Å². The second-order valence-corrected chi connectivity index (χ2v) is 20.3. The summed E-state index contributed by atoms with van der Waals surface area (Å²) in [5, 5.41) is 12.3. The number of benzene rings is 1. The first-order chi connectivity index (χ1) is 16.5. The van der Waals surface area contributed by atoms with Crippen LogP contribution < -0.4 is 10.0 Å². The van der Waals surface area contributed by atoms with Gasteiger partial charge in [-0.05, 0) is 109 Å². The molecule has 0 bridgehead atoms. The number of aromatic hydroxyl groups is 1. The summed E-state index contributed by atoms with van der Waals surface area (Å²) in [6.45, 7) is 7.38. The number of phenols is 1. The second kappa shape index (κ2) is 12.1. The van der Waals surface area contributed by atoms with Crippen molar-refractivity contribution < 1.29 is 14.3 Å². The molecule has 3 saturated carbocycles. The molecule has 34 heavy (non-hydrogen) atoms. The van der Waals surface area contributed by atoms with Crippen LogP contribution in [0.2, 0.25) is 13.1 Å². The van der Waals surface area contributed by atoms with E-state index in [4.69, 9.17) is 9.16 Å². The third kappa shape index (κ3) is 5.87. The van der Waals surface area contributed by atoms with E-state index in [9.17, 15) is 5.11 Å². The molecule has 0 saturated heterocycles. The summed E-state index contributed by atoms with van der Waals surface area (Å²) in [5.74, 6) is 1.53. The summed E-state index contributed by atoms with van der Waals surface area (Å²) < 4.78 is 12.9. The van der Waals surface area contributed by atoms with Crippen molar-refractivity contribution in [3.05, 3.63) is 18.2 Å². The van der Waals surface area contributed by atoms with E-state index < -0.39 is 15.6 Å². The summed E-state index contributed by atoms with van der Waals surface area (Å²) >= 11 is 0. The molecule has 5 heteroatoms. The van der Waals surface area contributed by atoms with E-state index in [1.54, 1.807) is 0 Å². The molecule has 192 valence electrons. The molecule has 1 aromatic rings. The Hall–Kier alpha value is -0.573. The number of ether oxygens (including phenoxy) is 1. The molecule has 0 aromatic heterocycles. The van der Waals surface area contributed by atoms with Crippen LogP contribution in [0.1, 0.15) is 103 Å². The normalized spacial score (nSPS) is 22.1. The maximum absolute atomic E-state index is 10.9. The largest absolute Gasteiger partial charge is 0.508 e. The first kappa shape index (κ1) is 26.5. The number of hydrogen-bond donors (Lipinski definition) is 1. The minimum Gasteiger partial charge on any atom is -0.508 e. The van der Waals surface area contributed by atoms with Crippen LogP contribution >= 0.6 is 7.26 Å². The highest BCUT2D eigenvalue weighted by atomic mass is 31.2. The summed E-state index contributed by atoms with van der Waals surface area (Å²) in [6.07, 6.45) is 21.7. The zero-order valence-corrected chi connectivity index (χ0v) is 24.1. The lowest BCUT2D eigenvalue weighted by atomic mass is 9.99. The molecule has 0 radical (unpaired) electrons. The highest BCUT2D eigenvalue weighted by molar-refractivity contribution is 7.85. The van der Waals surface area contributed by atoms with Gasteiger partial charge in [0, 0.05) is 12.7 Å². The predicted octanol–water partition coefficient (Wildman–Crippen LogP) is 8.19. The van der Waals surface area contributed by atoms with E-state index in [2.05, 4.69) is 32.2 Å². The Bertz CT molecular complexity index is 719. The molecule has 0 unspecified atom stereocenters. The van der Waals surface area contributed by atoms with E-state index in [1.807, 2.05) is 6.07 Å². The molecule has 0 aliphatic heterocycles. The van der Waals surface area contributed by atoms with Gasteiger partial charge in [0.15, 0.2) is 5.75 Å². The fraction of sp³-hybridized carbons (Fsp3) is 0.793. The van der Waals surface area contributed by atoms with Crippen LogP contribution in [0.15, 0.2) is 18.2 Å². The van der Waals surface area contributed by atoms with Gasteiger partial charge in [0.25, 0.3) is 0 Å². The van der Waals surface area contributed by atoms with Gasteiger partial charge in [0.05, 0.1) is 24.2 Å². The van der Waals surface area contributed by atoms with Gasteiger partial charge in [-0.15, -0.1) is 0 Å². The Morgan fingerprint density at radius 1 is 0.794 bits per heavy atom. The van der Waals surface area contributed by atoms with Gasteiger partial charge in [-0.3, -0.25) is 0 Å². The van der Waals surface area contributed by atoms with Crippen molar-refractivity contribution in [2.75, 3.05) is 12.8 Å². The molecule has 0 atom stereocenters. The minimum atomic E-state index is -1.87. The number of hydrogen-bond acceptors (Lipinski definition) is 3. The number of rotatable bonds is 9. The van der Waals surface area contributed by atoms with Gasteiger partial charge >= 0.3 is 0 Å². The predicted molar refractivity (Wildman–Crippen MR) is 150 cm³/mol. The van der Waals surface area contributed by atoms with E-state index >= 15 is 0 Å². The van der Waals surface area contributed by atoms with Crippen molar-refractivity contribution in [1.29, 1.82) is 0 Å². The van der Waals surface area contributed by atoms with E-state index in [0.717, 1.165) is 29.3 Å². The maximum Gasteiger partial charge on any atom is 0.224 e. The maximum atomic E-state index is 10.9. The molecule has 1 aromatic carbocycles. The average molecular weight is 506 g/mol. The molecular formula is C29H50O3PSi+. The van der Waals surface area contributed by atoms with Crippen LogP contribution in [0, 0.1) is 0 Å². The van der Waals surface area contributed by atoms with Crippen molar-refractivity contribution in [2.24, 2.45) is 0 Å².